The van der Waals surface area contributed by atoms with Gasteiger partial charge in [0.25, 0.3) is 0 Å². The third kappa shape index (κ3) is 5.61. The predicted molar refractivity (Wildman–Crippen MR) is 96.2 cm³/mol. The van der Waals surface area contributed by atoms with E-state index in [1.807, 2.05) is 6.92 Å². The summed E-state index contributed by atoms with van der Waals surface area (Å²) in [6.07, 6.45) is 3.72. The molecule has 0 unspecified atom stereocenters. The van der Waals surface area contributed by atoms with Gasteiger partial charge in [-0.05, 0) is 44.0 Å². The van der Waals surface area contributed by atoms with Crippen LogP contribution < -0.4 is 14.4 Å². The molecule has 2 atom stereocenters. The van der Waals surface area contributed by atoms with Gasteiger partial charge in [-0.2, -0.15) is 0 Å². The summed E-state index contributed by atoms with van der Waals surface area (Å²) >= 11 is 0. The van der Waals surface area contributed by atoms with Crippen LogP contribution in [-0.2, 0) is 14.8 Å². The molecule has 1 aromatic rings. The maximum absolute atomic E-state index is 12.3. The minimum absolute atomic E-state index is 0.317. The summed E-state index contributed by atoms with van der Waals surface area (Å²) in [5.41, 5.74) is 0.394. The average molecular weight is 370 g/mol. The van der Waals surface area contributed by atoms with Crippen LogP contribution in [0.15, 0.2) is 24.3 Å². The first kappa shape index (κ1) is 19.5. The number of nitrogens with one attached hydrogen (secondary N) is 1. The highest BCUT2D eigenvalue weighted by Crippen LogP contribution is 2.22. The smallest absolute Gasteiger partial charge is 0.241 e. The number of anilines is 1. The highest BCUT2D eigenvalue weighted by atomic mass is 32.2. The van der Waals surface area contributed by atoms with Crippen LogP contribution in [0.4, 0.5) is 5.69 Å². The second-order valence-corrected chi connectivity index (χ2v) is 8.13. The fourth-order valence-corrected chi connectivity index (χ4v) is 3.79. The Morgan fingerprint density at radius 1 is 1.28 bits per heavy atom. The first-order valence-electron chi connectivity index (χ1n) is 8.49. The molecule has 1 saturated carbocycles. The molecule has 0 heterocycles. The number of sulfonamides is 1. The Kier molecular flexibility index (Phi) is 6.66. The third-order valence-electron chi connectivity index (χ3n) is 4.20. The second kappa shape index (κ2) is 8.53. The van der Waals surface area contributed by atoms with E-state index in [0.29, 0.717) is 30.9 Å². The van der Waals surface area contributed by atoms with Crippen LogP contribution in [0.5, 0.6) is 5.75 Å². The number of benzene rings is 1. The van der Waals surface area contributed by atoms with Gasteiger partial charge in [0.2, 0.25) is 15.9 Å². The van der Waals surface area contributed by atoms with Crippen molar-refractivity contribution in [2.24, 2.45) is 0 Å². The van der Waals surface area contributed by atoms with Crippen LogP contribution in [0.2, 0.25) is 0 Å². The molecule has 0 saturated heterocycles. The van der Waals surface area contributed by atoms with Gasteiger partial charge in [-0.15, -0.1) is 0 Å². The molecule has 1 aliphatic rings. The van der Waals surface area contributed by atoms with Gasteiger partial charge in [-0.1, -0.05) is 12.8 Å². The number of aliphatic hydroxyl groups is 1. The lowest BCUT2D eigenvalue weighted by molar-refractivity contribution is -0.121. The number of hydrogen-bond donors (Lipinski definition) is 2. The molecular formula is C17H26N2O5S. The van der Waals surface area contributed by atoms with Crippen molar-refractivity contribution in [3.05, 3.63) is 24.3 Å². The van der Waals surface area contributed by atoms with Crippen molar-refractivity contribution in [2.45, 2.75) is 44.8 Å². The van der Waals surface area contributed by atoms with Gasteiger partial charge < -0.3 is 15.2 Å². The predicted octanol–water partition coefficient (Wildman–Crippen LogP) is 1.27. The van der Waals surface area contributed by atoms with E-state index in [1.165, 1.54) is 0 Å². The van der Waals surface area contributed by atoms with Gasteiger partial charge in [-0.25, -0.2) is 8.42 Å². The highest BCUT2D eigenvalue weighted by Gasteiger charge is 2.27. The molecule has 7 nitrogen and oxygen atoms in total. The normalized spacial score (nSPS) is 20.8. The van der Waals surface area contributed by atoms with Crippen molar-refractivity contribution in [1.29, 1.82) is 0 Å². The highest BCUT2D eigenvalue weighted by molar-refractivity contribution is 7.92. The van der Waals surface area contributed by atoms with Crippen molar-refractivity contribution in [2.75, 3.05) is 23.7 Å². The minimum Gasteiger partial charge on any atom is -0.494 e. The van der Waals surface area contributed by atoms with E-state index >= 15 is 0 Å². The number of aliphatic hydroxyl groups excluding tert-OH is 1. The number of hydrogen-bond acceptors (Lipinski definition) is 5. The van der Waals surface area contributed by atoms with E-state index in [1.54, 1.807) is 24.3 Å². The summed E-state index contributed by atoms with van der Waals surface area (Å²) in [5, 5.41) is 12.7. The first-order chi connectivity index (χ1) is 11.8. The molecule has 0 aliphatic heterocycles. The fourth-order valence-electron chi connectivity index (χ4n) is 2.94. The minimum atomic E-state index is -3.62. The Morgan fingerprint density at radius 3 is 2.48 bits per heavy atom. The van der Waals surface area contributed by atoms with Crippen molar-refractivity contribution >= 4 is 21.6 Å². The Morgan fingerprint density at radius 2 is 1.92 bits per heavy atom. The van der Waals surface area contributed by atoms with Crippen LogP contribution in [0.1, 0.15) is 32.6 Å². The molecule has 0 bridgehead atoms. The summed E-state index contributed by atoms with van der Waals surface area (Å²) in [5.74, 6) is 0.208. The zero-order valence-electron chi connectivity index (χ0n) is 14.6. The maximum Gasteiger partial charge on any atom is 0.241 e. The molecule has 2 rings (SSSR count). The zero-order chi connectivity index (χ0) is 18.4. The molecule has 1 aromatic carbocycles. The molecule has 0 aromatic heterocycles. The Hall–Kier alpha value is -1.80. The van der Waals surface area contributed by atoms with E-state index in [-0.39, 0.29) is 12.6 Å². The van der Waals surface area contributed by atoms with Crippen LogP contribution in [-0.4, -0.2) is 51.0 Å². The topological polar surface area (TPSA) is 95.9 Å². The van der Waals surface area contributed by atoms with Crippen LogP contribution in [0.25, 0.3) is 0 Å². The van der Waals surface area contributed by atoms with Crippen molar-refractivity contribution in [1.82, 2.24) is 5.32 Å². The Labute approximate surface area is 149 Å². The zero-order valence-corrected chi connectivity index (χ0v) is 15.5. The quantitative estimate of drug-likeness (QED) is 0.754. The number of rotatable bonds is 7. The van der Waals surface area contributed by atoms with Crippen LogP contribution in [0, 0.1) is 0 Å². The number of carbonyl (C=O) groups excluding carboxylic acids is 1. The van der Waals surface area contributed by atoms with E-state index in [4.69, 9.17) is 4.74 Å². The molecule has 1 amide bonds. The lowest BCUT2D eigenvalue weighted by Gasteiger charge is -2.29. The van der Waals surface area contributed by atoms with E-state index in [0.717, 1.165) is 23.4 Å². The average Bonchev–Trinajstić information content (AvgIpc) is 2.55. The lowest BCUT2D eigenvalue weighted by Crippen LogP contribution is -2.49. The molecule has 1 fully saturated rings. The number of nitrogens with zero attached hydrogens (tertiary/aromatic N) is 1. The van der Waals surface area contributed by atoms with Gasteiger partial charge >= 0.3 is 0 Å². The maximum atomic E-state index is 12.3. The number of carbonyl (C=O) groups is 1. The third-order valence-corrected chi connectivity index (χ3v) is 5.34. The van der Waals surface area contributed by atoms with Crippen LogP contribution in [0.3, 0.4) is 0 Å². The molecular weight excluding hydrogens is 344 g/mol. The van der Waals surface area contributed by atoms with E-state index in [2.05, 4.69) is 5.32 Å². The van der Waals surface area contributed by atoms with Crippen molar-refractivity contribution < 1.29 is 23.1 Å². The monoisotopic (exact) mass is 370 g/mol. The van der Waals surface area contributed by atoms with Crippen molar-refractivity contribution in [3.8, 4) is 5.75 Å². The Balaban J connectivity index is 2.08. The standard InChI is InChI=1S/C17H26N2O5S/c1-3-24-14-10-8-13(9-11-14)19(25(2,22)23)12-17(21)18-15-6-4-5-7-16(15)20/h8-11,15-16,20H,3-7,12H2,1-2H3,(H,18,21)/t15-,16+/m1/s1. The van der Waals surface area contributed by atoms with E-state index < -0.39 is 22.0 Å². The molecule has 140 valence electrons. The van der Waals surface area contributed by atoms with Gasteiger partial charge in [0.15, 0.2) is 0 Å². The number of amides is 1. The summed E-state index contributed by atoms with van der Waals surface area (Å²) < 4.78 is 30.6. The summed E-state index contributed by atoms with van der Waals surface area (Å²) in [7, 11) is -3.62. The molecule has 2 N–H and O–H groups in total. The van der Waals surface area contributed by atoms with Crippen LogP contribution >= 0.6 is 0 Å². The molecule has 25 heavy (non-hydrogen) atoms. The summed E-state index contributed by atoms with van der Waals surface area (Å²) in [6, 6.07) is 6.23. The Bertz CT molecular complexity index is 675. The van der Waals surface area contributed by atoms with Gasteiger partial charge in [0.1, 0.15) is 12.3 Å². The SMILES string of the molecule is CCOc1ccc(N(CC(=O)N[C@@H]2CCCC[C@@H]2O)S(C)(=O)=O)cc1. The fraction of sp³-hybridized carbons (Fsp3) is 0.588. The van der Waals surface area contributed by atoms with Crippen molar-refractivity contribution in [3.63, 3.8) is 0 Å². The summed E-state index contributed by atoms with van der Waals surface area (Å²) in [4.78, 5) is 12.3. The largest absolute Gasteiger partial charge is 0.494 e. The summed E-state index contributed by atoms with van der Waals surface area (Å²) in [6.45, 7) is 2.05. The molecule has 1 aliphatic carbocycles. The lowest BCUT2D eigenvalue weighted by atomic mass is 9.92. The molecule has 0 spiro atoms. The first-order valence-corrected chi connectivity index (χ1v) is 10.3. The van der Waals surface area contributed by atoms with Gasteiger partial charge in [0, 0.05) is 0 Å². The van der Waals surface area contributed by atoms with E-state index in [9.17, 15) is 18.3 Å². The molecule has 0 radical (unpaired) electrons. The van der Waals surface area contributed by atoms with Gasteiger partial charge in [0.05, 0.1) is 30.7 Å². The number of ether oxygens (including phenoxy) is 1. The second-order valence-electron chi connectivity index (χ2n) is 6.22. The molecule has 8 heteroatoms. The van der Waals surface area contributed by atoms with Gasteiger partial charge in [-0.3, -0.25) is 9.10 Å².